The van der Waals surface area contributed by atoms with E-state index in [9.17, 15) is 0 Å². The number of ether oxygens (including phenoxy) is 1. The van der Waals surface area contributed by atoms with Gasteiger partial charge in [-0.1, -0.05) is 38.1 Å². The molecule has 29 heavy (non-hydrogen) atoms. The molecule has 3 aliphatic heterocycles. The van der Waals surface area contributed by atoms with Gasteiger partial charge in [0.15, 0.2) is 5.96 Å². The summed E-state index contributed by atoms with van der Waals surface area (Å²) in [6.07, 6.45) is 5.69. The van der Waals surface area contributed by atoms with E-state index in [4.69, 9.17) is 4.74 Å². The van der Waals surface area contributed by atoms with Gasteiger partial charge in [-0.15, -0.1) is 24.0 Å². The Kier molecular flexibility index (Phi) is 8.22. The molecule has 162 valence electrons. The second-order valence-electron chi connectivity index (χ2n) is 9.24. The van der Waals surface area contributed by atoms with Crippen LogP contribution in [0, 0.1) is 11.8 Å². The normalized spacial score (nSPS) is 32.1. The molecule has 3 heterocycles. The van der Waals surface area contributed by atoms with Crippen molar-refractivity contribution in [2.24, 2.45) is 16.8 Å². The first kappa shape index (κ1) is 22.8. The summed E-state index contributed by atoms with van der Waals surface area (Å²) in [5.41, 5.74) is 2.70. The van der Waals surface area contributed by atoms with Crippen molar-refractivity contribution in [3.63, 3.8) is 0 Å². The van der Waals surface area contributed by atoms with Crippen LogP contribution >= 0.6 is 24.0 Å². The Morgan fingerprint density at radius 3 is 2.34 bits per heavy atom. The number of aliphatic imine (C=N–C) groups is 1. The average Bonchev–Trinajstić information content (AvgIpc) is 3.28. The van der Waals surface area contributed by atoms with Gasteiger partial charge < -0.3 is 15.4 Å². The first-order valence-corrected chi connectivity index (χ1v) is 11.0. The molecule has 3 fully saturated rings. The Labute approximate surface area is 193 Å². The summed E-state index contributed by atoms with van der Waals surface area (Å²) >= 11 is 0. The van der Waals surface area contributed by atoms with Crippen molar-refractivity contribution in [2.45, 2.75) is 70.9 Å². The number of rotatable bonds is 5. The van der Waals surface area contributed by atoms with Crippen LogP contribution in [0.1, 0.15) is 50.7 Å². The van der Waals surface area contributed by atoms with E-state index >= 15 is 0 Å². The fraction of sp³-hybridized carbons (Fsp3) is 0.696. The smallest absolute Gasteiger partial charge is 0.191 e. The number of guanidine groups is 1. The van der Waals surface area contributed by atoms with Gasteiger partial charge in [-0.05, 0) is 48.6 Å². The molecule has 0 saturated carbocycles. The van der Waals surface area contributed by atoms with Crippen LogP contribution in [0.25, 0.3) is 0 Å². The Morgan fingerprint density at radius 1 is 1.07 bits per heavy atom. The topological polar surface area (TPSA) is 48.9 Å². The highest BCUT2D eigenvalue weighted by molar-refractivity contribution is 14.0. The van der Waals surface area contributed by atoms with Crippen LogP contribution in [0.2, 0.25) is 0 Å². The van der Waals surface area contributed by atoms with Crippen molar-refractivity contribution in [3.8, 4) is 0 Å². The van der Waals surface area contributed by atoms with E-state index in [1.165, 1.54) is 43.5 Å². The Hall–Kier alpha value is -0.860. The molecule has 0 radical (unpaired) electrons. The standard InChI is InChI=1S/C23H36N4O.HI/c1-16-10-17(2)14-27(13-16)15-19-6-4-18(5-7-19)12-25-23(24-3)26-21-11-20-8-9-22(21)28-20;/h4-7,16-17,20-22H,8-15H2,1-3H3,(H2,24,25,26);1H. The number of piperidine rings is 1. The number of fused-ring (bicyclic) bond motifs is 2. The van der Waals surface area contributed by atoms with Gasteiger partial charge in [-0.25, -0.2) is 0 Å². The van der Waals surface area contributed by atoms with Crippen molar-refractivity contribution >= 4 is 29.9 Å². The van der Waals surface area contributed by atoms with E-state index < -0.39 is 0 Å². The zero-order valence-corrected chi connectivity index (χ0v) is 20.4. The molecular weight excluding hydrogens is 475 g/mol. The van der Waals surface area contributed by atoms with Gasteiger partial charge in [0.2, 0.25) is 0 Å². The van der Waals surface area contributed by atoms with E-state index in [-0.39, 0.29) is 24.0 Å². The molecular formula is C23H37IN4O. The minimum Gasteiger partial charge on any atom is -0.373 e. The maximum atomic E-state index is 5.93. The van der Waals surface area contributed by atoms with Gasteiger partial charge >= 0.3 is 0 Å². The highest BCUT2D eigenvalue weighted by Gasteiger charge is 2.41. The summed E-state index contributed by atoms with van der Waals surface area (Å²) in [6.45, 7) is 9.06. The summed E-state index contributed by atoms with van der Waals surface area (Å²) in [4.78, 5) is 7.00. The molecule has 1 aromatic carbocycles. The zero-order chi connectivity index (χ0) is 19.5. The van der Waals surface area contributed by atoms with Gasteiger partial charge in [0.1, 0.15) is 0 Å². The molecule has 6 heteroatoms. The van der Waals surface area contributed by atoms with E-state index in [1.54, 1.807) is 0 Å². The number of likely N-dealkylation sites (tertiary alicyclic amines) is 1. The van der Waals surface area contributed by atoms with Crippen LogP contribution < -0.4 is 10.6 Å². The molecule has 2 N–H and O–H groups in total. The van der Waals surface area contributed by atoms with Crippen molar-refractivity contribution in [2.75, 3.05) is 20.1 Å². The van der Waals surface area contributed by atoms with E-state index in [1.807, 2.05) is 7.05 Å². The predicted molar refractivity (Wildman–Crippen MR) is 130 cm³/mol. The Morgan fingerprint density at radius 2 is 1.76 bits per heavy atom. The molecule has 4 rings (SSSR count). The lowest BCUT2D eigenvalue weighted by Gasteiger charge is -2.35. The third-order valence-electron chi connectivity index (χ3n) is 6.49. The molecule has 5 nitrogen and oxygen atoms in total. The van der Waals surface area contributed by atoms with Crippen LogP contribution in [0.3, 0.4) is 0 Å². The van der Waals surface area contributed by atoms with Crippen molar-refractivity contribution in [3.05, 3.63) is 35.4 Å². The van der Waals surface area contributed by atoms with E-state index in [2.05, 4.69) is 58.6 Å². The minimum atomic E-state index is 0. The number of nitrogens with zero attached hydrogens (tertiary/aromatic N) is 2. The number of nitrogens with one attached hydrogen (secondary N) is 2. The fourth-order valence-corrected chi connectivity index (χ4v) is 5.29. The van der Waals surface area contributed by atoms with Crippen LogP contribution in [0.5, 0.6) is 0 Å². The molecule has 5 atom stereocenters. The quantitative estimate of drug-likeness (QED) is 0.359. The van der Waals surface area contributed by atoms with Crippen LogP contribution in [-0.2, 0) is 17.8 Å². The highest BCUT2D eigenvalue weighted by Crippen LogP contribution is 2.34. The maximum absolute atomic E-state index is 5.93. The number of hydrogen-bond acceptors (Lipinski definition) is 3. The summed E-state index contributed by atoms with van der Waals surface area (Å²) in [6, 6.07) is 9.45. The molecule has 0 amide bonds. The lowest BCUT2D eigenvalue weighted by Crippen LogP contribution is -2.47. The second-order valence-corrected chi connectivity index (χ2v) is 9.24. The number of hydrogen-bond donors (Lipinski definition) is 2. The third-order valence-corrected chi connectivity index (χ3v) is 6.49. The molecule has 1 aromatic rings. The summed E-state index contributed by atoms with van der Waals surface area (Å²) in [5.74, 6) is 2.50. The lowest BCUT2D eigenvalue weighted by molar-refractivity contribution is 0.0992. The van der Waals surface area contributed by atoms with Gasteiger partial charge in [-0.2, -0.15) is 0 Å². The Balaban J connectivity index is 0.00000240. The molecule has 0 spiro atoms. The molecule has 3 aliphatic rings. The number of benzene rings is 1. The van der Waals surface area contributed by atoms with E-state index in [0.29, 0.717) is 18.2 Å². The van der Waals surface area contributed by atoms with Crippen molar-refractivity contribution in [1.82, 2.24) is 15.5 Å². The number of halogens is 1. The van der Waals surface area contributed by atoms with Gasteiger partial charge in [0.05, 0.1) is 18.2 Å². The molecule has 0 aliphatic carbocycles. The maximum Gasteiger partial charge on any atom is 0.191 e. The van der Waals surface area contributed by atoms with Gasteiger partial charge in [0, 0.05) is 33.2 Å². The highest BCUT2D eigenvalue weighted by atomic mass is 127. The summed E-state index contributed by atoms with van der Waals surface area (Å²) in [5, 5.41) is 7.01. The van der Waals surface area contributed by atoms with Crippen LogP contribution in [0.15, 0.2) is 29.3 Å². The molecule has 5 unspecified atom stereocenters. The van der Waals surface area contributed by atoms with E-state index in [0.717, 1.165) is 37.3 Å². The fourth-order valence-electron chi connectivity index (χ4n) is 5.29. The van der Waals surface area contributed by atoms with Crippen molar-refractivity contribution in [1.29, 1.82) is 0 Å². The predicted octanol–water partition coefficient (Wildman–Crippen LogP) is 3.77. The Bertz CT molecular complexity index is 670. The first-order chi connectivity index (χ1) is 13.6. The SMILES string of the molecule is CN=C(NCc1ccc(CN2CC(C)CC(C)C2)cc1)NC1CC2CCC1O2.I. The average molecular weight is 512 g/mol. The molecule has 0 aromatic heterocycles. The van der Waals surface area contributed by atoms with Gasteiger partial charge in [0.25, 0.3) is 0 Å². The molecule has 3 saturated heterocycles. The monoisotopic (exact) mass is 512 g/mol. The minimum absolute atomic E-state index is 0. The summed E-state index contributed by atoms with van der Waals surface area (Å²) < 4.78 is 5.93. The van der Waals surface area contributed by atoms with Gasteiger partial charge in [-0.3, -0.25) is 9.89 Å². The zero-order valence-electron chi connectivity index (χ0n) is 18.1. The second kappa shape index (κ2) is 10.4. The first-order valence-electron chi connectivity index (χ1n) is 11.0. The third kappa shape index (κ3) is 6.07. The lowest BCUT2D eigenvalue weighted by atomic mass is 9.91. The molecule has 2 bridgehead atoms. The van der Waals surface area contributed by atoms with Crippen LogP contribution in [0.4, 0.5) is 0 Å². The summed E-state index contributed by atoms with van der Waals surface area (Å²) in [7, 11) is 1.84. The van der Waals surface area contributed by atoms with Crippen molar-refractivity contribution < 1.29 is 4.74 Å². The largest absolute Gasteiger partial charge is 0.373 e. The van der Waals surface area contributed by atoms with Crippen LogP contribution in [-0.4, -0.2) is 49.2 Å².